The van der Waals surface area contributed by atoms with Gasteiger partial charge in [0.25, 0.3) is 0 Å². The summed E-state index contributed by atoms with van der Waals surface area (Å²) in [7, 11) is 1.64. The summed E-state index contributed by atoms with van der Waals surface area (Å²) < 4.78 is 5.12. The fraction of sp³-hybridized carbons (Fsp3) is 0.588. The maximum absolute atomic E-state index is 12.3. The van der Waals surface area contributed by atoms with Crippen molar-refractivity contribution in [1.82, 2.24) is 9.80 Å². The number of hydrogen-bond acceptors (Lipinski definition) is 3. The largest absolute Gasteiger partial charge is 0.497 e. The molecule has 0 aromatic heterocycles. The van der Waals surface area contributed by atoms with Crippen LogP contribution in [-0.2, 0) is 0 Å². The van der Waals surface area contributed by atoms with Crippen molar-refractivity contribution in [3.05, 3.63) is 24.3 Å². The molecule has 5 heteroatoms. The number of benzene rings is 1. The number of hydrogen-bond donors (Lipinski definition) is 1. The van der Waals surface area contributed by atoms with Gasteiger partial charge in [0, 0.05) is 37.9 Å². The van der Waals surface area contributed by atoms with Gasteiger partial charge in [-0.2, -0.15) is 0 Å². The molecule has 0 radical (unpaired) electrons. The van der Waals surface area contributed by atoms with E-state index in [1.807, 2.05) is 29.2 Å². The lowest BCUT2D eigenvalue weighted by Gasteiger charge is -2.38. The average molecular weight is 303 g/mol. The van der Waals surface area contributed by atoms with Crippen LogP contribution in [0.5, 0.6) is 5.75 Å². The summed E-state index contributed by atoms with van der Waals surface area (Å²) in [4.78, 5) is 16.8. The van der Waals surface area contributed by atoms with Crippen LogP contribution in [0, 0.1) is 0 Å². The lowest BCUT2D eigenvalue weighted by molar-refractivity contribution is 0.115. The maximum Gasteiger partial charge on any atom is 0.321 e. The van der Waals surface area contributed by atoms with E-state index >= 15 is 0 Å². The normalized spacial score (nSPS) is 20.1. The molecular weight excluding hydrogens is 278 g/mol. The Hall–Kier alpha value is -1.75. The van der Waals surface area contributed by atoms with E-state index in [0.717, 1.165) is 43.7 Å². The number of carbonyl (C=O) groups excluding carboxylic acids is 1. The van der Waals surface area contributed by atoms with Crippen molar-refractivity contribution in [2.75, 3.05) is 38.6 Å². The first kappa shape index (κ1) is 15.2. The molecule has 120 valence electrons. The molecule has 0 spiro atoms. The molecule has 1 aliphatic heterocycles. The second-order valence-corrected chi connectivity index (χ2v) is 6.12. The van der Waals surface area contributed by atoms with Crippen molar-refractivity contribution in [2.24, 2.45) is 0 Å². The van der Waals surface area contributed by atoms with Gasteiger partial charge >= 0.3 is 6.03 Å². The standard InChI is InChI=1S/C17H25N3O2/c1-22-16-8-6-14(7-9-16)18-17(21)20-12-10-19(11-13-20)15-4-2-3-5-15/h6-9,15H,2-5,10-13H2,1H3,(H,18,21). The fourth-order valence-electron chi connectivity index (χ4n) is 3.44. The van der Waals surface area contributed by atoms with Crippen LogP contribution in [-0.4, -0.2) is 55.2 Å². The van der Waals surface area contributed by atoms with Gasteiger partial charge in [0.15, 0.2) is 0 Å². The molecule has 1 N–H and O–H groups in total. The highest BCUT2D eigenvalue weighted by Crippen LogP contribution is 2.24. The smallest absolute Gasteiger partial charge is 0.321 e. The van der Waals surface area contributed by atoms with Crippen LogP contribution in [0.2, 0.25) is 0 Å². The van der Waals surface area contributed by atoms with Crippen LogP contribution in [0.15, 0.2) is 24.3 Å². The van der Waals surface area contributed by atoms with E-state index < -0.39 is 0 Å². The number of carbonyl (C=O) groups is 1. The third kappa shape index (κ3) is 3.53. The molecule has 5 nitrogen and oxygen atoms in total. The van der Waals surface area contributed by atoms with Gasteiger partial charge in [-0.25, -0.2) is 4.79 Å². The molecular formula is C17H25N3O2. The molecule has 1 aromatic rings. The van der Waals surface area contributed by atoms with E-state index in [1.54, 1.807) is 7.11 Å². The van der Waals surface area contributed by atoms with Crippen molar-refractivity contribution in [1.29, 1.82) is 0 Å². The number of urea groups is 1. The lowest BCUT2D eigenvalue weighted by Crippen LogP contribution is -2.52. The summed E-state index contributed by atoms with van der Waals surface area (Å²) in [5.74, 6) is 0.795. The number of ether oxygens (including phenoxy) is 1. The van der Waals surface area contributed by atoms with Crippen LogP contribution in [0.1, 0.15) is 25.7 Å². The van der Waals surface area contributed by atoms with Gasteiger partial charge in [0.2, 0.25) is 0 Å². The van der Waals surface area contributed by atoms with Crippen LogP contribution >= 0.6 is 0 Å². The predicted molar refractivity (Wildman–Crippen MR) is 87.4 cm³/mol. The van der Waals surface area contributed by atoms with Crippen molar-refractivity contribution in [2.45, 2.75) is 31.7 Å². The minimum Gasteiger partial charge on any atom is -0.497 e. The Morgan fingerprint density at radius 3 is 2.32 bits per heavy atom. The van der Waals surface area contributed by atoms with Gasteiger partial charge in [-0.3, -0.25) is 4.90 Å². The molecule has 0 bridgehead atoms. The minimum absolute atomic E-state index is 0.00348. The molecule has 1 saturated carbocycles. The molecule has 1 heterocycles. The summed E-state index contributed by atoms with van der Waals surface area (Å²) in [5, 5.41) is 2.96. The number of amides is 2. The summed E-state index contributed by atoms with van der Waals surface area (Å²) >= 11 is 0. The lowest BCUT2D eigenvalue weighted by atomic mass is 10.2. The van der Waals surface area contributed by atoms with Crippen molar-refractivity contribution >= 4 is 11.7 Å². The molecule has 2 aliphatic rings. The molecule has 0 atom stereocenters. The monoisotopic (exact) mass is 303 g/mol. The Balaban J connectivity index is 1.48. The quantitative estimate of drug-likeness (QED) is 0.934. The molecule has 3 rings (SSSR count). The fourth-order valence-corrected chi connectivity index (χ4v) is 3.44. The molecule has 22 heavy (non-hydrogen) atoms. The number of anilines is 1. The number of nitrogens with zero attached hydrogens (tertiary/aromatic N) is 2. The van der Waals surface area contributed by atoms with Crippen LogP contribution in [0.3, 0.4) is 0 Å². The van der Waals surface area contributed by atoms with E-state index in [4.69, 9.17) is 4.74 Å². The number of rotatable bonds is 3. The van der Waals surface area contributed by atoms with Gasteiger partial charge < -0.3 is 15.0 Å². The van der Waals surface area contributed by atoms with Crippen LogP contribution in [0.25, 0.3) is 0 Å². The Kier molecular flexibility index (Phi) is 4.83. The first-order chi connectivity index (χ1) is 10.8. The summed E-state index contributed by atoms with van der Waals surface area (Å²) in [6.07, 6.45) is 5.39. The van der Waals surface area contributed by atoms with E-state index in [0.29, 0.717) is 0 Å². The maximum atomic E-state index is 12.3. The molecule has 1 saturated heterocycles. The first-order valence-corrected chi connectivity index (χ1v) is 8.20. The second-order valence-electron chi connectivity index (χ2n) is 6.12. The Labute approximate surface area is 132 Å². The van der Waals surface area contributed by atoms with E-state index in [1.165, 1.54) is 25.7 Å². The zero-order valence-electron chi connectivity index (χ0n) is 13.3. The topological polar surface area (TPSA) is 44.8 Å². The van der Waals surface area contributed by atoms with Crippen molar-refractivity contribution in [3.63, 3.8) is 0 Å². The summed E-state index contributed by atoms with van der Waals surface area (Å²) in [5.41, 5.74) is 0.809. The Morgan fingerprint density at radius 1 is 1.09 bits per heavy atom. The number of nitrogens with one attached hydrogen (secondary N) is 1. The molecule has 2 amide bonds. The molecule has 2 fully saturated rings. The van der Waals surface area contributed by atoms with Crippen molar-refractivity contribution < 1.29 is 9.53 Å². The molecule has 1 aliphatic carbocycles. The van der Waals surface area contributed by atoms with Crippen molar-refractivity contribution in [3.8, 4) is 5.75 Å². The highest BCUT2D eigenvalue weighted by molar-refractivity contribution is 5.89. The second kappa shape index (κ2) is 7.01. The van der Waals surface area contributed by atoms with Crippen LogP contribution < -0.4 is 10.1 Å². The zero-order valence-corrected chi connectivity index (χ0v) is 13.3. The van der Waals surface area contributed by atoms with Gasteiger partial charge in [-0.15, -0.1) is 0 Å². The highest BCUT2D eigenvalue weighted by Gasteiger charge is 2.27. The van der Waals surface area contributed by atoms with Gasteiger partial charge in [-0.05, 0) is 37.1 Å². The third-order valence-electron chi connectivity index (χ3n) is 4.78. The average Bonchev–Trinajstić information content (AvgIpc) is 3.10. The van der Waals surface area contributed by atoms with Gasteiger partial charge in [0.1, 0.15) is 5.75 Å². The van der Waals surface area contributed by atoms with Crippen LogP contribution in [0.4, 0.5) is 10.5 Å². The Morgan fingerprint density at radius 2 is 1.73 bits per heavy atom. The van der Waals surface area contributed by atoms with E-state index in [-0.39, 0.29) is 6.03 Å². The number of piperazine rings is 1. The number of methoxy groups -OCH3 is 1. The van der Waals surface area contributed by atoms with E-state index in [2.05, 4.69) is 10.2 Å². The van der Waals surface area contributed by atoms with E-state index in [9.17, 15) is 4.79 Å². The zero-order chi connectivity index (χ0) is 15.4. The van der Waals surface area contributed by atoms with Gasteiger partial charge in [0.05, 0.1) is 7.11 Å². The highest BCUT2D eigenvalue weighted by atomic mass is 16.5. The Bertz CT molecular complexity index is 489. The predicted octanol–water partition coefficient (Wildman–Crippen LogP) is 2.79. The van der Waals surface area contributed by atoms with Gasteiger partial charge in [-0.1, -0.05) is 12.8 Å². The minimum atomic E-state index is -0.00348. The molecule has 0 unspecified atom stereocenters. The summed E-state index contributed by atoms with van der Waals surface area (Å²) in [6.45, 7) is 3.64. The SMILES string of the molecule is COc1ccc(NC(=O)N2CCN(C3CCCC3)CC2)cc1. The summed E-state index contributed by atoms with van der Waals surface area (Å²) in [6, 6.07) is 8.20. The molecule has 1 aromatic carbocycles. The third-order valence-corrected chi connectivity index (χ3v) is 4.78. The first-order valence-electron chi connectivity index (χ1n) is 8.20.